The van der Waals surface area contributed by atoms with Crippen LogP contribution < -0.4 is 5.32 Å². The Balaban J connectivity index is 1.27. The molecule has 7 aromatic carbocycles. The SMILES string of the molecule is c1ccc(-c2cc(-c3cccc4ccccc34)ccc2Nc2ccc(-c3cccc4ccccc34)cc2)cc1. The molecule has 0 saturated heterocycles. The van der Waals surface area contributed by atoms with Gasteiger partial charge in [-0.25, -0.2) is 0 Å². The number of nitrogens with one attached hydrogen (secondary N) is 1. The van der Waals surface area contributed by atoms with Gasteiger partial charge in [-0.3, -0.25) is 0 Å². The van der Waals surface area contributed by atoms with Crippen molar-refractivity contribution in [3.05, 3.63) is 158 Å². The van der Waals surface area contributed by atoms with Crippen LogP contribution in [0, 0.1) is 0 Å². The number of rotatable bonds is 5. The Morgan fingerprint density at radius 3 is 1.51 bits per heavy atom. The third-order valence-electron chi connectivity index (χ3n) is 7.47. The number of hydrogen-bond donors (Lipinski definition) is 1. The van der Waals surface area contributed by atoms with Crippen molar-refractivity contribution < 1.29 is 0 Å². The molecular formula is C38H27N. The third-order valence-corrected chi connectivity index (χ3v) is 7.47. The van der Waals surface area contributed by atoms with Gasteiger partial charge in [-0.15, -0.1) is 0 Å². The highest BCUT2D eigenvalue weighted by atomic mass is 14.9. The van der Waals surface area contributed by atoms with Crippen molar-refractivity contribution in [3.63, 3.8) is 0 Å². The standard InChI is InChI=1S/C38H27N/c1-2-10-29(11-3-1)37-26-31(36-19-9-15-28-13-5-7-17-34(28)36)22-25-38(37)39-32-23-20-30(21-24-32)35-18-8-14-27-12-4-6-16-33(27)35/h1-26,39H. The molecule has 0 radical (unpaired) electrons. The molecule has 1 heteroatoms. The smallest absolute Gasteiger partial charge is 0.0464 e. The summed E-state index contributed by atoms with van der Waals surface area (Å²) in [5.41, 5.74) is 9.44. The van der Waals surface area contributed by atoms with Crippen molar-refractivity contribution in [2.75, 3.05) is 5.32 Å². The predicted octanol–water partition coefficient (Wildman–Crippen LogP) is 10.7. The second kappa shape index (κ2) is 9.96. The van der Waals surface area contributed by atoms with E-state index in [0.717, 1.165) is 11.4 Å². The Bertz CT molecular complexity index is 1910. The molecule has 0 aromatic heterocycles. The van der Waals surface area contributed by atoms with Crippen molar-refractivity contribution in [2.24, 2.45) is 0 Å². The van der Waals surface area contributed by atoms with E-state index in [0.29, 0.717) is 0 Å². The molecule has 0 spiro atoms. The minimum absolute atomic E-state index is 1.06. The van der Waals surface area contributed by atoms with Crippen LogP contribution in [0.4, 0.5) is 11.4 Å². The van der Waals surface area contributed by atoms with E-state index in [9.17, 15) is 0 Å². The van der Waals surface area contributed by atoms with Crippen molar-refractivity contribution in [1.29, 1.82) is 0 Å². The average molecular weight is 498 g/mol. The summed E-state index contributed by atoms with van der Waals surface area (Å²) in [5.74, 6) is 0. The van der Waals surface area contributed by atoms with E-state index in [1.165, 1.54) is 54.9 Å². The van der Waals surface area contributed by atoms with Gasteiger partial charge in [-0.05, 0) is 73.6 Å². The van der Waals surface area contributed by atoms with E-state index < -0.39 is 0 Å². The first kappa shape index (κ1) is 23.0. The minimum atomic E-state index is 1.06. The monoisotopic (exact) mass is 497 g/mol. The lowest BCUT2D eigenvalue weighted by Crippen LogP contribution is -1.95. The summed E-state index contributed by atoms with van der Waals surface area (Å²) in [6.07, 6.45) is 0. The van der Waals surface area contributed by atoms with Gasteiger partial charge < -0.3 is 5.32 Å². The first-order chi connectivity index (χ1) is 19.3. The summed E-state index contributed by atoms with van der Waals surface area (Å²) in [5, 5.41) is 8.76. The molecule has 7 rings (SSSR count). The van der Waals surface area contributed by atoms with Crippen molar-refractivity contribution in [1.82, 2.24) is 0 Å². The second-order valence-corrected chi connectivity index (χ2v) is 9.88. The van der Waals surface area contributed by atoms with Crippen LogP contribution in [0.25, 0.3) is 54.9 Å². The van der Waals surface area contributed by atoms with Crippen LogP contribution in [0.1, 0.15) is 0 Å². The Morgan fingerprint density at radius 2 is 0.846 bits per heavy atom. The maximum atomic E-state index is 3.70. The molecule has 1 nitrogen and oxygen atoms in total. The van der Waals surface area contributed by atoms with E-state index in [4.69, 9.17) is 0 Å². The van der Waals surface area contributed by atoms with Gasteiger partial charge in [0.15, 0.2) is 0 Å². The molecule has 0 aliphatic heterocycles. The molecule has 0 aliphatic rings. The maximum absolute atomic E-state index is 3.70. The zero-order valence-electron chi connectivity index (χ0n) is 21.5. The zero-order valence-corrected chi connectivity index (χ0v) is 21.5. The van der Waals surface area contributed by atoms with Gasteiger partial charge in [0.2, 0.25) is 0 Å². The highest BCUT2D eigenvalue weighted by molar-refractivity contribution is 5.99. The summed E-state index contributed by atoms with van der Waals surface area (Å²) in [6, 6.07) is 56.3. The van der Waals surface area contributed by atoms with Gasteiger partial charge in [0, 0.05) is 16.9 Å². The summed E-state index contributed by atoms with van der Waals surface area (Å²) in [6.45, 7) is 0. The van der Waals surface area contributed by atoms with E-state index >= 15 is 0 Å². The van der Waals surface area contributed by atoms with Crippen molar-refractivity contribution in [3.8, 4) is 33.4 Å². The Hall–Kier alpha value is -5.14. The number of hydrogen-bond acceptors (Lipinski definition) is 1. The van der Waals surface area contributed by atoms with Crippen molar-refractivity contribution in [2.45, 2.75) is 0 Å². The van der Waals surface area contributed by atoms with Crippen LogP contribution in [-0.4, -0.2) is 0 Å². The fourth-order valence-electron chi connectivity index (χ4n) is 5.52. The van der Waals surface area contributed by atoms with Gasteiger partial charge in [-0.1, -0.05) is 133 Å². The topological polar surface area (TPSA) is 12.0 Å². The highest BCUT2D eigenvalue weighted by Gasteiger charge is 2.11. The summed E-state index contributed by atoms with van der Waals surface area (Å²) >= 11 is 0. The first-order valence-electron chi connectivity index (χ1n) is 13.4. The van der Waals surface area contributed by atoms with Gasteiger partial charge in [-0.2, -0.15) is 0 Å². The number of anilines is 2. The predicted molar refractivity (Wildman–Crippen MR) is 167 cm³/mol. The quantitative estimate of drug-likeness (QED) is 0.249. The average Bonchev–Trinajstić information content (AvgIpc) is 3.01. The Labute approximate surface area is 229 Å². The van der Waals surface area contributed by atoms with E-state index in [2.05, 4.69) is 163 Å². The first-order valence-corrected chi connectivity index (χ1v) is 13.4. The van der Waals surface area contributed by atoms with E-state index in [-0.39, 0.29) is 0 Å². The van der Waals surface area contributed by atoms with Crippen LogP contribution in [0.15, 0.2) is 158 Å². The summed E-state index contributed by atoms with van der Waals surface area (Å²) in [4.78, 5) is 0. The molecule has 0 atom stereocenters. The third kappa shape index (κ3) is 4.45. The molecule has 0 heterocycles. The van der Waals surface area contributed by atoms with Crippen LogP contribution in [0.3, 0.4) is 0 Å². The maximum Gasteiger partial charge on any atom is 0.0464 e. The van der Waals surface area contributed by atoms with E-state index in [1.807, 2.05) is 0 Å². The molecule has 39 heavy (non-hydrogen) atoms. The van der Waals surface area contributed by atoms with E-state index in [1.54, 1.807) is 0 Å². The van der Waals surface area contributed by atoms with Crippen LogP contribution in [0.5, 0.6) is 0 Å². The lowest BCUT2D eigenvalue weighted by molar-refractivity contribution is 1.52. The van der Waals surface area contributed by atoms with Crippen LogP contribution in [0.2, 0.25) is 0 Å². The molecule has 0 saturated carbocycles. The Morgan fingerprint density at radius 1 is 0.333 bits per heavy atom. The van der Waals surface area contributed by atoms with Crippen LogP contribution in [-0.2, 0) is 0 Å². The molecule has 0 bridgehead atoms. The zero-order chi connectivity index (χ0) is 26.0. The highest BCUT2D eigenvalue weighted by Crippen LogP contribution is 2.37. The molecule has 0 aliphatic carbocycles. The summed E-state index contributed by atoms with van der Waals surface area (Å²) < 4.78 is 0. The molecule has 0 fully saturated rings. The molecule has 0 amide bonds. The normalized spacial score (nSPS) is 11.1. The fourth-order valence-corrected chi connectivity index (χ4v) is 5.52. The van der Waals surface area contributed by atoms with Gasteiger partial charge in [0.05, 0.1) is 0 Å². The summed E-state index contributed by atoms with van der Waals surface area (Å²) in [7, 11) is 0. The van der Waals surface area contributed by atoms with Gasteiger partial charge in [0.1, 0.15) is 0 Å². The molecule has 184 valence electrons. The minimum Gasteiger partial charge on any atom is -0.355 e. The second-order valence-electron chi connectivity index (χ2n) is 9.88. The number of benzene rings is 7. The number of fused-ring (bicyclic) bond motifs is 2. The molecule has 7 aromatic rings. The van der Waals surface area contributed by atoms with Crippen LogP contribution >= 0.6 is 0 Å². The largest absolute Gasteiger partial charge is 0.355 e. The van der Waals surface area contributed by atoms with Gasteiger partial charge in [0.25, 0.3) is 0 Å². The molecular weight excluding hydrogens is 470 g/mol. The fraction of sp³-hybridized carbons (Fsp3) is 0. The Kier molecular flexibility index (Phi) is 5.88. The lowest BCUT2D eigenvalue weighted by atomic mass is 9.94. The van der Waals surface area contributed by atoms with Gasteiger partial charge >= 0.3 is 0 Å². The molecule has 1 N–H and O–H groups in total. The van der Waals surface area contributed by atoms with Crippen molar-refractivity contribution >= 4 is 32.9 Å². The lowest BCUT2D eigenvalue weighted by Gasteiger charge is -2.16. The molecule has 0 unspecified atom stereocenters.